The van der Waals surface area contributed by atoms with Crippen molar-refractivity contribution in [3.8, 4) is 5.75 Å². The normalized spacial score (nSPS) is 9.17. The van der Waals surface area contributed by atoms with Crippen molar-refractivity contribution in [2.45, 2.75) is 6.92 Å². The maximum atomic E-state index is 9.95. The van der Waals surface area contributed by atoms with Crippen LogP contribution in [0.1, 0.15) is 5.56 Å². The molecule has 0 spiro atoms. The Hall–Kier alpha value is -1.12. The molecule has 0 aromatic heterocycles. The van der Waals surface area contributed by atoms with Gasteiger partial charge in [0.05, 0.1) is 0 Å². The van der Waals surface area contributed by atoms with Crippen LogP contribution in [0.5, 0.6) is 5.75 Å². The molecule has 0 bridgehead atoms. The summed E-state index contributed by atoms with van der Waals surface area (Å²) in [6, 6.07) is 3.24. The number of isocyanates is 1. The Morgan fingerprint density at radius 1 is 1.58 bits per heavy atom. The number of benzene rings is 1. The molecule has 0 aliphatic carbocycles. The Kier molecular flexibility index (Phi) is 2.63. The van der Waals surface area contributed by atoms with Crippen LogP contribution >= 0.6 is 15.9 Å². The van der Waals surface area contributed by atoms with E-state index >= 15 is 0 Å². The molecule has 0 heterocycles. The van der Waals surface area contributed by atoms with Gasteiger partial charge in [0.1, 0.15) is 11.4 Å². The van der Waals surface area contributed by atoms with Crippen LogP contribution in [-0.4, -0.2) is 11.2 Å². The highest BCUT2D eigenvalue weighted by atomic mass is 79.9. The highest BCUT2D eigenvalue weighted by Gasteiger charge is 2.04. The molecule has 1 rings (SSSR count). The van der Waals surface area contributed by atoms with Gasteiger partial charge in [-0.1, -0.05) is 15.9 Å². The summed E-state index contributed by atoms with van der Waals surface area (Å²) in [5, 5.41) is 9.30. The lowest BCUT2D eigenvalue weighted by molar-refractivity contribution is 0.476. The second-order valence-corrected chi connectivity index (χ2v) is 3.21. The Morgan fingerprint density at radius 2 is 2.25 bits per heavy atom. The lowest BCUT2D eigenvalue weighted by Gasteiger charge is -2.01. The summed E-state index contributed by atoms with van der Waals surface area (Å²) in [4.78, 5) is 13.3. The maximum Gasteiger partial charge on any atom is 0.240 e. The molecule has 0 aliphatic heterocycles. The van der Waals surface area contributed by atoms with Crippen LogP contribution in [0.4, 0.5) is 5.69 Å². The van der Waals surface area contributed by atoms with Crippen LogP contribution in [0.25, 0.3) is 0 Å². The standard InChI is InChI=1S/C8H6BrNO2/c1-5-2-6(9)3-7(12)8(5)10-4-11/h2-3,12H,1H3. The van der Waals surface area contributed by atoms with Crippen molar-refractivity contribution >= 4 is 27.7 Å². The van der Waals surface area contributed by atoms with Gasteiger partial charge >= 0.3 is 0 Å². The van der Waals surface area contributed by atoms with Crippen LogP contribution in [-0.2, 0) is 4.79 Å². The van der Waals surface area contributed by atoms with Crippen LogP contribution in [0.2, 0.25) is 0 Å². The number of nitrogens with zero attached hydrogens (tertiary/aromatic N) is 1. The van der Waals surface area contributed by atoms with Crippen molar-refractivity contribution < 1.29 is 9.90 Å². The second-order valence-electron chi connectivity index (χ2n) is 2.29. The van der Waals surface area contributed by atoms with Crippen molar-refractivity contribution in [1.29, 1.82) is 0 Å². The number of hydrogen-bond donors (Lipinski definition) is 1. The molecule has 0 atom stereocenters. The van der Waals surface area contributed by atoms with Gasteiger partial charge in [0.15, 0.2) is 0 Å². The number of halogens is 1. The van der Waals surface area contributed by atoms with Crippen molar-refractivity contribution in [2.75, 3.05) is 0 Å². The Morgan fingerprint density at radius 3 is 2.75 bits per heavy atom. The zero-order chi connectivity index (χ0) is 9.14. The van der Waals surface area contributed by atoms with E-state index in [-0.39, 0.29) is 11.4 Å². The molecular weight excluding hydrogens is 222 g/mol. The summed E-state index contributed by atoms with van der Waals surface area (Å²) in [6.45, 7) is 1.75. The van der Waals surface area contributed by atoms with Crippen LogP contribution in [0, 0.1) is 6.92 Å². The smallest absolute Gasteiger partial charge is 0.240 e. The summed E-state index contributed by atoms with van der Waals surface area (Å²) in [5.41, 5.74) is 0.999. The highest BCUT2D eigenvalue weighted by molar-refractivity contribution is 9.10. The first-order valence-electron chi connectivity index (χ1n) is 3.22. The highest BCUT2D eigenvalue weighted by Crippen LogP contribution is 2.32. The van der Waals surface area contributed by atoms with Gasteiger partial charge in [-0.3, -0.25) is 0 Å². The topological polar surface area (TPSA) is 49.7 Å². The number of rotatable bonds is 1. The van der Waals surface area contributed by atoms with E-state index in [1.807, 2.05) is 0 Å². The third kappa shape index (κ3) is 1.72. The van der Waals surface area contributed by atoms with E-state index < -0.39 is 0 Å². The monoisotopic (exact) mass is 227 g/mol. The summed E-state index contributed by atoms with van der Waals surface area (Å²) in [5.74, 6) is -0.0229. The van der Waals surface area contributed by atoms with E-state index in [4.69, 9.17) is 0 Å². The molecule has 4 heteroatoms. The van der Waals surface area contributed by atoms with E-state index in [9.17, 15) is 9.90 Å². The zero-order valence-electron chi connectivity index (χ0n) is 6.34. The van der Waals surface area contributed by atoms with E-state index in [1.54, 1.807) is 13.0 Å². The molecule has 0 fully saturated rings. The van der Waals surface area contributed by atoms with Gasteiger partial charge in [-0.05, 0) is 24.6 Å². The number of carbonyl (C=O) groups excluding carboxylic acids is 1. The first-order chi connectivity index (χ1) is 5.65. The number of aromatic hydroxyl groups is 1. The molecule has 0 aliphatic rings. The van der Waals surface area contributed by atoms with Gasteiger partial charge in [-0.15, -0.1) is 0 Å². The van der Waals surface area contributed by atoms with Gasteiger partial charge in [0.25, 0.3) is 0 Å². The molecule has 1 aromatic carbocycles. The molecule has 0 saturated carbocycles. The minimum absolute atomic E-state index is 0.0229. The number of phenols is 1. The van der Waals surface area contributed by atoms with Gasteiger partial charge < -0.3 is 5.11 Å². The molecule has 0 radical (unpaired) electrons. The fourth-order valence-corrected chi connectivity index (χ4v) is 1.47. The molecule has 3 nitrogen and oxygen atoms in total. The maximum absolute atomic E-state index is 9.95. The summed E-state index contributed by atoms with van der Waals surface area (Å²) in [6.07, 6.45) is 1.38. The lowest BCUT2D eigenvalue weighted by Crippen LogP contribution is -1.76. The summed E-state index contributed by atoms with van der Waals surface area (Å²) in [7, 11) is 0. The summed E-state index contributed by atoms with van der Waals surface area (Å²) >= 11 is 3.20. The van der Waals surface area contributed by atoms with Crippen molar-refractivity contribution in [3.63, 3.8) is 0 Å². The molecule has 0 saturated heterocycles. The predicted octanol–water partition coefficient (Wildman–Crippen LogP) is 2.43. The molecule has 0 unspecified atom stereocenters. The number of phenolic OH excluding ortho intramolecular Hbond substituents is 1. The predicted molar refractivity (Wildman–Crippen MR) is 48.3 cm³/mol. The third-order valence-electron chi connectivity index (χ3n) is 1.40. The average Bonchev–Trinajstić information content (AvgIpc) is 1.96. The Labute approximate surface area is 77.9 Å². The Bertz CT molecular complexity index is 333. The van der Waals surface area contributed by atoms with Gasteiger partial charge in [-0.25, -0.2) is 4.79 Å². The van der Waals surface area contributed by atoms with E-state index in [2.05, 4.69) is 20.9 Å². The van der Waals surface area contributed by atoms with Crippen molar-refractivity contribution in [3.05, 3.63) is 22.2 Å². The molecule has 1 aromatic rings. The molecule has 12 heavy (non-hydrogen) atoms. The van der Waals surface area contributed by atoms with Gasteiger partial charge in [-0.2, -0.15) is 4.99 Å². The third-order valence-corrected chi connectivity index (χ3v) is 1.86. The van der Waals surface area contributed by atoms with Crippen molar-refractivity contribution in [2.24, 2.45) is 4.99 Å². The second kappa shape index (κ2) is 3.52. The number of hydrogen-bond acceptors (Lipinski definition) is 3. The molecule has 1 N–H and O–H groups in total. The average molecular weight is 228 g/mol. The largest absolute Gasteiger partial charge is 0.506 e. The van der Waals surface area contributed by atoms with Crippen LogP contribution < -0.4 is 0 Å². The lowest BCUT2D eigenvalue weighted by atomic mass is 10.2. The number of aliphatic imine (C=N–C) groups is 1. The van der Waals surface area contributed by atoms with Crippen LogP contribution in [0.15, 0.2) is 21.6 Å². The minimum Gasteiger partial charge on any atom is -0.506 e. The molecular formula is C8H6BrNO2. The number of aryl methyl sites for hydroxylation is 1. The van der Waals surface area contributed by atoms with Gasteiger partial charge in [0.2, 0.25) is 6.08 Å². The molecule has 62 valence electrons. The quantitative estimate of drug-likeness (QED) is 0.592. The fraction of sp³-hybridized carbons (Fsp3) is 0.125. The first kappa shape index (κ1) is 8.97. The van der Waals surface area contributed by atoms with E-state index in [0.717, 1.165) is 10.0 Å². The van der Waals surface area contributed by atoms with Crippen LogP contribution in [0.3, 0.4) is 0 Å². The van der Waals surface area contributed by atoms with Gasteiger partial charge in [0, 0.05) is 4.47 Å². The SMILES string of the molecule is Cc1cc(Br)cc(O)c1N=C=O. The van der Waals surface area contributed by atoms with E-state index in [0.29, 0.717) is 0 Å². The van der Waals surface area contributed by atoms with E-state index in [1.165, 1.54) is 12.1 Å². The minimum atomic E-state index is -0.0229. The molecule has 0 amide bonds. The zero-order valence-corrected chi connectivity index (χ0v) is 7.92. The van der Waals surface area contributed by atoms with Crippen molar-refractivity contribution in [1.82, 2.24) is 0 Å². The fourth-order valence-electron chi connectivity index (χ4n) is 0.909. The Balaban J connectivity index is 3.37. The first-order valence-corrected chi connectivity index (χ1v) is 4.01. The summed E-state index contributed by atoms with van der Waals surface area (Å²) < 4.78 is 0.752.